The Labute approximate surface area is 98.0 Å². The molecule has 2 rings (SSSR count). The largest absolute Gasteiger partial charge is 0.481 e. The number of rotatable bonds is 4. The van der Waals surface area contributed by atoms with E-state index in [4.69, 9.17) is 5.11 Å². The lowest BCUT2D eigenvalue weighted by Gasteiger charge is -2.25. The smallest absolute Gasteiger partial charge is 0.321 e. The monoisotopic (exact) mass is 238 g/mol. The van der Waals surface area contributed by atoms with Crippen molar-refractivity contribution in [2.45, 2.75) is 19.4 Å². The SMILES string of the molecule is O=C(O)CCn1cc(N2CCCNC2=O)cn1. The maximum atomic E-state index is 11.6. The predicted octanol–water partition coefficient (Wildman–Crippen LogP) is 0.277. The van der Waals surface area contributed by atoms with E-state index in [0.29, 0.717) is 25.3 Å². The molecular weight excluding hydrogens is 224 g/mol. The van der Waals surface area contributed by atoms with Crippen LogP contribution in [0.3, 0.4) is 0 Å². The van der Waals surface area contributed by atoms with Gasteiger partial charge in [-0.2, -0.15) is 5.10 Å². The van der Waals surface area contributed by atoms with Gasteiger partial charge in [0.05, 0.1) is 24.8 Å². The summed E-state index contributed by atoms with van der Waals surface area (Å²) in [6.07, 6.45) is 4.18. The standard InChI is InChI=1S/C10H14N4O3/c15-9(16)2-5-13-7-8(6-12-13)14-4-1-3-11-10(14)17/h6-7H,1-5H2,(H,11,17)(H,15,16). The van der Waals surface area contributed by atoms with Crippen molar-refractivity contribution in [3.05, 3.63) is 12.4 Å². The van der Waals surface area contributed by atoms with Gasteiger partial charge in [0.1, 0.15) is 0 Å². The molecule has 92 valence electrons. The van der Waals surface area contributed by atoms with Crippen molar-refractivity contribution >= 4 is 17.7 Å². The van der Waals surface area contributed by atoms with E-state index < -0.39 is 5.97 Å². The van der Waals surface area contributed by atoms with E-state index in [0.717, 1.165) is 6.42 Å². The van der Waals surface area contributed by atoms with Gasteiger partial charge in [-0.25, -0.2) is 4.79 Å². The summed E-state index contributed by atoms with van der Waals surface area (Å²) in [6.45, 7) is 1.67. The molecule has 17 heavy (non-hydrogen) atoms. The number of hydrogen-bond acceptors (Lipinski definition) is 3. The molecule has 1 aliphatic rings. The van der Waals surface area contributed by atoms with Gasteiger partial charge in [0.2, 0.25) is 0 Å². The molecule has 2 heterocycles. The number of amides is 2. The molecule has 2 amide bonds. The lowest BCUT2D eigenvalue weighted by Crippen LogP contribution is -2.46. The Morgan fingerprint density at radius 3 is 3.12 bits per heavy atom. The number of hydrogen-bond donors (Lipinski definition) is 2. The summed E-state index contributed by atoms with van der Waals surface area (Å²) in [5.74, 6) is -0.863. The highest BCUT2D eigenvalue weighted by atomic mass is 16.4. The molecule has 1 saturated heterocycles. The Morgan fingerprint density at radius 1 is 1.59 bits per heavy atom. The van der Waals surface area contributed by atoms with Crippen LogP contribution in [-0.4, -0.2) is 40.0 Å². The zero-order chi connectivity index (χ0) is 12.3. The molecule has 0 radical (unpaired) electrons. The first-order valence-electron chi connectivity index (χ1n) is 5.46. The van der Waals surface area contributed by atoms with Crippen molar-refractivity contribution < 1.29 is 14.7 Å². The predicted molar refractivity (Wildman–Crippen MR) is 59.8 cm³/mol. The third-order valence-electron chi connectivity index (χ3n) is 2.57. The van der Waals surface area contributed by atoms with Crippen LogP contribution in [0.4, 0.5) is 10.5 Å². The molecular formula is C10H14N4O3. The van der Waals surface area contributed by atoms with E-state index in [-0.39, 0.29) is 12.5 Å². The number of aryl methyl sites for hydroxylation is 1. The molecule has 2 N–H and O–H groups in total. The number of carbonyl (C=O) groups excluding carboxylic acids is 1. The summed E-state index contributed by atoms with van der Waals surface area (Å²) in [4.78, 5) is 23.6. The highest BCUT2D eigenvalue weighted by Crippen LogP contribution is 2.15. The zero-order valence-corrected chi connectivity index (χ0v) is 9.30. The van der Waals surface area contributed by atoms with Crippen LogP contribution in [0.25, 0.3) is 0 Å². The Balaban J connectivity index is 2.01. The van der Waals surface area contributed by atoms with Crippen LogP contribution < -0.4 is 10.2 Å². The summed E-state index contributed by atoms with van der Waals surface area (Å²) >= 11 is 0. The molecule has 0 unspecified atom stereocenters. The van der Waals surface area contributed by atoms with E-state index in [1.54, 1.807) is 17.3 Å². The van der Waals surface area contributed by atoms with Crippen molar-refractivity contribution in [2.24, 2.45) is 0 Å². The number of aromatic nitrogens is 2. The summed E-state index contributed by atoms with van der Waals surface area (Å²) in [5, 5.41) is 15.3. The van der Waals surface area contributed by atoms with Gasteiger partial charge in [-0.1, -0.05) is 0 Å². The van der Waals surface area contributed by atoms with Gasteiger partial charge >= 0.3 is 12.0 Å². The first kappa shape index (κ1) is 11.4. The van der Waals surface area contributed by atoms with Crippen molar-refractivity contribution in [1.82, 2.24) is 15.1 Å². The van der Waals surface area contributed by atoms with Crippen LogP contribution >= 0.6 is 0 Å². The second kappa shape index (κ2) is 4.86. The average Bonchev–Trinajstić information content (AvgIpc) is 2.75. The van der Waals surface area contributed by atoms with Crippen LogP contribution in [0.2, 0.25) is 0 Å². The maximum Gasteiger partial charge on any atom is 0.321 e. The fourth-order valence-corrected chi connectivity index (χ4v) is 1.70. The number of urea groups is 1. The lowest BCUT2D eigenvalue weighted by molar-refractivity contribution is -0.137. The number of nitrogens with one attached hydrogen (secondary N) is 1. The minimum absolute atomic E-state index is 0.0211. The quantitative estimate of drug-likeness (QED) is 0.788. The molecule has 0 saturated carbocycles. The molecule has 0 atom stereocenters. The van der Waals surface area contributed by atoms with Gasteiger partial charge in [-0.3, -0.25) is 14.4 Å². The number of carboxylic acids is 1. The normalized spacial score (nSPS) is 15.8. The van der Waals surface area contributed by atoms with Crippen LogP contribution in [0.5, 0.6) is 0 Å². The van der Waals surface area contributed by atoms with E-state index in [2.05, 4.69) is 10.4 Å². The molecule has 7 nitrogen and oxygen atoms in total. The molecule has 0 bridgehead atoms. The van der Waals surface area contributed by atoms with E-state index in [1.165, 1.54) is 4.68 Å². The fraction of sp³-hybridized carbons (Fsp3) is 0.500. The highest BCUT2D eigenvalue weighted by Gasteiger charge is 2.20. The van der Waals surface area contributed by atoms with Crippen molar-refractivity contribution in [2.75, 3.05) is 18.0 Å². The van der Waals surface area contributed by atoms with Crippen LogP contribution in [0.15, 0.2) is 12.4 Å². The van der Waals surface area contributed by atoms with Crippen molar-refractivity contribution in [3.8, 4) is 0 Å². The third kappa shape index (κ3) is 2.74. The second-order valence-electron chi connectivity index (χ2n) is 3.84. The minimum Gasteiger partial charge on any atom is -0.481 e. The van der Waals surface area contributed by atoms with Crippen LogP contribution in [-0.2, 0) is 11.3 Å². The Hall–Kier alpha value is -2.05. The zero-order valence-electron chi connectivity index (χ0n) is 9.30. The van der Waals surface area contributed by atoms with Crippen LogP contribution in [0.1, 0.15) is 12.8 Å². The molecule has 0 aliphatic carbocycles. The number of carbonyl (C=O) groups is 2. The number of carboxylic acid groups (broad SMARTS) is 1. The fourth-order valence-electron chi connectivity index (χ4n) is 1.70. The maximum absolute atomic E-state index is 11.6. The third-order valence-corrected chi connectivity index (χ3v) is 2.57. The first-order chi connectivity index (χ1) is 8.16. The van der Waals surface area contributed by atoms with Crippen LogP contribution in [0, 0.1) is 0 Å². The van der Waals surface area contributed by atoms with E-state index in [9.17, 15) is 9.59 Å². The van der Waals surface area contributed by atoms with Gasteiger partial charge in [0, 0.05) is 19.3 Å². The summed E-state index contributed by atoms with van der Waals surface area (Å²) in [5.41, 5.74) is 0.701. The summed E-state index contributed by atoms with van der Waals surface area (Å²) in [6, 6.07) is -0.131. The van der Waals surface area contributed by atoms with Gasteiger partial charge in [0.15, 0.2) is 0 Å². The number of nitrogens with zero attached hydrogens (tertiary/aromatic N) is 3. The minimum atomic E-state index is -0.863. The molecule has 0 spiro atoms. The second-order valence-corrected chi connectivity index (χ2v) is 3.84. The summed E-state index contributed by atoms with van der Waals surface area (Å²) < 4.78 is 1.53. The highest BCUT2D eigenvalue weighted by molar-refractivity contribution is 5.92. The van der Waals surface area contributed by atoms with Crippen molar-refractivity contribution in [3.63, 3.8) is 0 Å². The molecule has 1 aromatic heterocycles. The van der Waals surface area contributed by atoms with Gasteiger partial charge in [-0.15, -0.1) is 0 Å². The molecule has 1 aliphatic heterocycles. The Morgan fingerprint density at radius 2 is 2.41 bits per heavy atom. The van der Waals surface area contributed by atoms with Gasteiger partial charge in [0.25, 0.3) is 0 Å². The molecule has 0 aromatic carbocycles. The van der Waals surface area contributed by atoms with Gasteiger partial charge < -0.3 is 10.4 Å². The Kier molecular flexibility index (Phi) is 3.27. The van der Waals surface area contributed by atoms with E-state index in [1.807, 2.05) is 0 Å². The van der Waals surface area contributed by atoms with E-state index >= 15 is 0 Å². The molecule has 1 fully saturated rings. The summed E-state index contributed by atoms with van der Waals surface area (Å²) in [7, 11) is 0. The average molecular weight is 238 g/mol. The Bertz CT molecular complexity index is 429. The number of aliphatic carboxylic acids is 1. The number of anilines is 1. The molecule has 1 aromatic rings. The lowest BCUT2D eigenvalue weighted by atomic mass is 10.3. The molecule has 7 heteroatoms. The first-order valence-corrected chi connectivity index (χ1v) is 5.46. The topological polar surface area (TPSA) is 87.5 Å². The van der Waals surface area contributed by atoms with Gasteiger partial charge in [-0.05, 0) is 6.42 Å². The van der Waals surface area contributed by atoms with Crippen molar-refractivity contribution in [1.29, 1.82) is 0 Å².